The van der Waals surface area contributed by atoms with Crippen molar-refractivity contribution in [3.05, 3.63) is 39.9 Å². The molecule has 0 atom stereocenters. The summed E-state index contributed by atoms with van der Waals surface area (Å²) in [7, 11) is 0. The molecule has 1 amide bonds. The van der Waals surface area contributed by atoms with Crippen LogP contribution < -0.4 is 10.1 Å². The molecular weight excluding hydrogens is 308 g/mol. The molecule has 2 rings (SSSR count). The van der Waals surface area contributed by atoms with Crippen molar-refractivity contribution in [3.8, 4) is 5.75 Å². The van der Waals surface area contributed by atoms with Crippen LogP contribution in [0.5, 0.6) is 5.75 Å². The Bertz CT molecular complexity index is 695. The Kier molecular flexibility index (Phi) is 5.09. The fourth-order valence-corrected chi connectivity index (χ4v) is 3.01. The maximum absolute atomic E-state index is 12.1. The van der Waals surface area contributed by atoms with E-state index in [9.17, 15) is 4.79 Å². The Morgan fingerprint density at radius 2 is 1.96 bits per heavy atom. The summed E-state index contributed by atoms with van der Waals surface area (Å²) in [5.41, 5.74) is 3.19. The van der Waals surface area contributed by atoms with Crippen LogP contribution in [-0.4, -0.2) is 17.5 Å². The average molecular weight is 332 g/mol. The summed E-state index contributed by atoms with van der Waals surface area (Å²) in [4.78, 5) is 17.5. The molecule has 1 aromatic carbocycles. The lowest BCUT2D eigenvalue weighted by molar-refractivity contribution is -0.118. The molecular formula is C18H24N2O2S. The van der Waals surface area contributed by atoms with Crippen molar-refractivity contribution in [1.29, 1.82) is 0 Å². The number of hydrogen-bond donors (Lipinski definition) is 1. The molecule has 124 valence electrons. The van der Waals surface area contributed by atoms with E-state index in [0.29, 0.717) is 5.13 Å². The molecule has 0 aliphatic heterocycles. The molecule has 0 aliphatic carbocycles. The van der Waals surface area contributed by atoms with Gasteiger partial charge in [-0.15, -0.1) is 11.3 Å². The van der Waals surface area contributed by atoms with Gasteiger partial charge in [0.25, 0.3) is 5.91 Å². The molecule has 0 saturated carbocycles. The summed E-state index contributed by atoms with van der Waals surface area (Å²) in [6, 6.07) is 6.04. The van der Waals surface area contributed by atoms with E-state index in [0.717, 1.165) is 21.9 Å². The van der Waals surface area contributed by atoms with Crippen molar-refractivity contribution in [2.75, 3.05) is 11.9 Å². The number of nitrogens with one attached hydrogen (secondary N) is 1. The molecule has 0 saturated heterocycles. The van der Waals surface area contributed by atoms with Crippen LogP contribution in [-0.2, 0) is 10.2 Å². The Morgan fingerprint density at radius 1 is 1.26 bits per heavy atom. The summed E-state index contributed by atoms with van der Waals surface area (Å²) in [5, 5.41) is 3.41. The van der Waals surface area contributed by atoms with E-state index in [4.69, 9.17) is 4.74 Å². The second kappa shape index (κ2) is 6.71. The topological polar surface area (TPSA) is 51.2 Å². The Morgan fingerprint density at radius 3 is 2.52 bits per heavy atom. The highest BCUT2D eigenvalue weighted by molar-refractivity contribution is 7.15. The van der Waals surface area contributed by atoms with Gasteiger partial charge >= 0.3 is 0 Å². The zero-order valence-electron chi connectivity index (χ0n) is 14.6. The lowest BCUT2D eigenvalue weighted by Gasteiger charge is -2.23. The lowest BCUT2D eigenvalue weighted by atomic mass is 9.85. The zero-order chi connectivity index (χ0) is 17.2. The number of benzene rings is 1. The van der Waals surface area contributed by atoms with Gasteiger partial charge < -0.3 is 4.74 Å². The molecule has 1 aromatic heterocycles. The number of ether oxygens (including phenoxy) is 1. The number of rotatable bonds is 4. The van der Waals surface area contributed by atoms with Crippen LogP contribution in [0.2, 0.25) is 0 Å². The fourth-order valence-electron chi connectivity index (χ4n) is 2.18. The highest BCUT2D eigenvalue weighted by Gasteiger charge is 2.20. The van der Waals surface area contributed by atoms with Gasteiger partial charge in [-0.25, -0.2) is 4.98 Å². The van der Waals surface area contributed by atoms with Crippen molar-refractivity contribution >= 4 is 22.4 Å². The Balaban J connectivity index is 2.04. The third-order valence-electron chi connectivity index (χ3n) is 3.58. The van der Waals surface area contributed by atoms with Gasteiger partial charge in [0.15, 0.2) is 11.7 Å². The van der Waals surface area contributed by atoms with Crippen LogP contribution in [0, 0.1) is 20.8 Å². The molecule has 0 spiro atoms. The summed E-state index contributed by atoms with van der Waals surface area (Å²) >= 11 is 1.48. The highest BCUT2D eigenvalue weighted by atomic mass is 32.1. The van der Waals surface area contributed by atoms with Gasteiger partial charge in [0.05, 0.1) is 5.69 Å². The summed E-state index contributed by atoms with van der Waals surface area (Å²) in [6.45, 7) is 12.4. The van der Waals surface area contributed by atoms with Gasteiger partial charge in [-0.05, 0) is 37.8 Å². The Labute approximate surface area is 141 Å². The van der Waals surface area contributed by atoms with E-state index in [1.807, 2.05) is 26.0 Å². The number of aryl methyl sites for hydroxylation is 3. The molecule has 0 aliphatic rings. The highest BCUT2D eigenvalue weighted by Crippen LogP contribution is 2.32. The molecule has 5 heteroatoms. The maximum Gasteiger partial charge on any atom is 0.264 e. The molecule has 0 bridgehead atoms. The fraction of sp³-hybridized carbons (Fsp3) is 0.444. The van der Waals surface area contributed by atoms with Crippen LogP contribution in [0.4, 0.5) is 5.13 Å². The van der Waals surface area contributed by atoms with E-state index < -0.39 is 0 Å². The molecule has 1 N–H and O–H groups in total. The third-order valence-corrected chi connectivity index (χ3v) is 4.57. The smallest absolute Gasteiger partial charge is 0.264 e. The molecule has 1 heterocycles. The second-order valence-corrected chi connectivity index (χ2v) is 7.95. The van der Waals surface area contributed by atoms with Crippen molar-refractivity contribution in [1.82, 2.24) is 4.98 Å². The predicted octanol–water partition coefficient (Wildman–Crippen LogP) is 4.38. The van der Waals surface area contributed by atoms with E-state index in [1.165, 1.54) is 16.9 Å². The number of anilines is 1. The number of carbonyl (C=O) groups is 1. The van der Waals surface area contributed by atoms with Crippen molar-refractivity contribution < 1.29 is 9.53 Å². The first-order valence-corrected chi connectivity index (χ1v) is 8.46. The molecule has 4 nitrogen and oxygen atoms in total. The first kappa shape index (κ1) is 17.5. The summed E-state index contributed by atoms with van der Waals surface area (Å²) < 4.78 is 5.75. The average Bonchev–Trinajstić information content (AvgIpc) is 2.74. The van der Waals surface area contributed by atoms with Gasteiger partial charge in [-0.1, -0.05) is 38.5 Å². The van der Waals surface area contributed by atoms with Gasteiger partial charge in [-0.3, -0.25) is 10.1 Å². The first-order chi connectivity index (χ1) is 10.7. The van der Waals surface area contributed by atoms with E-state index in [2.05, 4.69) is 44.1 Å². The van der Waals surface area contributed by atoms with Gasteiger partial charge in [0.1, 0.15) is 5.75 Å². The minimum absolute atomic E-state index is 0.0240. The van der Waals surface area contributed by atoms with Crippen LogP contribution in [0.3, 0.4) is 0 Å². The number of aromatic nitrogens is 1. The number of nitrogens with zero attached hydrogens (tertiary/aromatic N) is 1. The molecule has 23 heavy (non-hydrogen) atoms. The number of carbonyl (C=O) groups excluding carboxylic acids is 1. The monoisotopic (exact) mass is 332 g/mol. The largest absolute Gasteiger partial charge is 0.483 e. The van der Waals surface area contributed by atoms with Crippen molar-refractivity contribution in [2.24, 2.45) is 0 Å². The van der Waals surface area contributed by atoms with Crippen molar-refractivity contribution in [2.45, 2.75) is 47.0 Å². The van der Waals surface area contributed by atoms with Crippen LogP contribution in [0.15, 0.2) is 18.2 Å². The summed E-state index contributed by atoms with van der Waals surface area (Å²) in [5.74, 6) is 0.559. The number of hydrogen-bond acceptors (Lipinski definition) is 4. The third kappa shape index (κ3) is 4.55. The molecule has 0 radical (unpaired) electrons. The molecule has 0 unspecified atom stereocenters. The standard InChI is InChI=1S/C18H24N2O2S/c1-11-7-8-15(14(9-11)18(4,5)6)22-10-16(21)20-17-19-12(2)13(3)23-17/h7-9H,10H2,1-6H3,(H,19,20,21). The molecule has 0 fully saturated rings. The first-order valence-electron chi connectivity index (χ1n) is 7.64. The van der Waals surface area contributed by atoms with E-state index in [1.54, 1.807) is 0 Å². The van der Waals surface area contributed by atoms with E-state index in [-0.39, 0.29) is 17.9 Å². The van der Waals surface area contributed by atoms with Gasteiger partial charge in [-0.2, -0.15) is 0 Å². The predicted molar refractivity (Wildman–Crippen MR) is 95.6 cm³/mol. The summed E-state index contributed by atoms with van der Waals surface area (Å²) in [6.07, 6.45) is 0. The maximum atomic E-state index is 12.1. The van der Waals surface area contributed by atoms with Gasteiger partial charge in [0, 0.05) is 4.88 Å². The molecule has 2 aromatic rings. The zero-order valence-corrected chi connectivity index (χ0v) is 15.4. The number of amides is 1. The van der Waals surface area contributed by atoms with E-state index >= 15 is 0 Å². The number of thiazole rings is 1. The quantitative estimate of drug-likeness (QED) is 0.904. The second-order valence-electron chi connectivity index (χ2n) is 6.75. The minimum atomic E-state index is -0.195. The van der Waals surface area contributed by atoms with Crippen LogP contribution >= 0.6 is 11.3 Å². The lowest BCUT2D eigenvalue weighted by Crippen LogP contribution is -2.22. The van der Waals surface area contributed by atoms with Crippen molar-refractivity contribution in [3.63, 3.8) is 0 Å². The van der Waals surface area contributed by atoms with Crippen LogP contribution in [0.1, 0.15) is 42.5 Å². The minimum Gasteiger partial charge on any atom is -0.483 e. The normalized spacial score (nSPS) is 11.4. The van der Waals surface area contributed by atoms with Crippen LogP contribution in [0.25, 0.3) is 0 Å². The Hall–Kier alpha value is -1.88. The van der Waals surface area contributed by atoms with Gasteiger partial charge in [0.2, 0.25) is 0 Å². The SMILES string of the molecule is Cc1ccc(OCC(=O)Nc2nc(C)c(C)s2)c(C(C)(C)C)c1.